The summed E-state index contributed by atoms with van der Waals surface area (Å²) >= 11 is 0. The van der Waals surface area contributed by atoms with E-state index in [4.69, 9.17) is 9.47 Å². The quantitative estimate of drug-likeness (QED) is 0.606. The second-order valence-corrected chi connectivity index (χ2v) is 5.69. The number of hydrogen-bond donors (Lipinski definition) is 0. The van der Waals surface area contributed by atoms with E-state index in [9.17, 15) is 10.1 Å². The van der Waals surface area contributed by atoms with Crippen LogP contribution in [-0.2, 0) is 9.47 Å². The second-order valence-electron chi connectivity index (χ2n) is 5.69. The fraction of sp³-hybridized carbons (Fsp3) is 0.571. The lowest BCUT2D eigenvalue weighted by Gasteiger charge is -2.34. The van der Waals surface area contributed by atoms with Gasteiger partial charge in [-0.3, -0.25) is 10.1 Å². The Morgan fingerprint density at radius 1 is 1.16 bits per heavy atom. The molecule has 0 radical (unpaired) electrons. The average Bonchev–Trinajstić information content (AvgIpc) is 2.91. The third-order valence-electron chi connectivity index (χ3n) is 4.73. The maximum atomic E-state index is 10.6. The van der Waals surface area contributed by atoms with Crippen molar-refractivity contribution >= 4 is 5.69 Å². The van der Waals surface area contributed by atoms with Gasteiger partial charge < -0.3 is 9.47 Å². The average molecular weight is 261 g/mol. The summed E-state index contributed by atoms with van der Waals surface area (Å²) in [5, 5.41) is 10.6. The van der Waals surface area contributed by atoms with Crippen LogP contribution in [0.5, 0.6) is 0 Å². The van der Waals surface area contributed by atoms with Crippen molar-refractivity contribution in [3.63, 3.8) is 0 Å². The highest BCUT2D eigenvalue weighted by Crippen LogP contribution is 2.53. The first-order valence-electron chi connectivity index (χ1n) is 6.77. The van der Waals surface area contributed by atoms with Crippen molar-refractivity contribution in [2.75, 3.05) is 0 Å². The predicted octanol–water partition coefficient (Wildman–Crippen LogP) is 2.81. The van der Waals surface area contributed by atoms with E-state index in [1.165, 1.54) is 25.0 Å². The summed E-state index contributed by atoms with van der Waals surface area (Å²) in [6, 6.07) is 6.48. The summed E-state index contributed by atoms with van der Waals surface area (Å²) < 4.78 is 12.1. The Morgan fingerprint density at radius 3 is 2.63 bits per heavy atom. The van der Waals surface area contributed by atoms with Gasteiger partial charge in [0, 0.05) is 23.6 Å². The SMILES string of the molecule is O=[N+]([O-])c1ccc(C2OC3CC4CCC3C4O2)cc1. The van der Waals surface area contributed by atoms with Crippen LogP contribution in [0.25, 0.3) is 0 Å². The number of nitrogens with zero attached hydrogens (tertiary/aromatic N) is 1. The second kappa shape index (κ2) is 4.02. The maximum absolute atomic E-state index is 10.6. The molecule has 0 amide bonds. The number of nitro benzene ring substituents is 1. The van der Waals surface area contributed by atoms with Gasteiger partial charge in [-0.25, -0.2) is 0 Å². The highest BCUT2D eigenvalue weighted by molar-refractivity contribution is 5.33. The number of rotatable bonds is 2. The molecule has 19 heavy (non-hydrogen) atoms. The number of nitro groups is 1. The van der Waals surface area contributed by atoms with Gasteiger partial charge in [-0.05, 0) is 37.3 Å². The lowest BCUT2D eigenvalue weighted by Crippen LogP contribution is -2.34. The normalized spacial score (nSPS) is 39.5. The molecule has 1 aromatic carbocycles. The smallest absolute Gasteiger partial charge is 0.269 e. The van der Waals surface area contributed by atoms with Gasteiger partial charge in [-0.1, -0.05) is 0 Å². The first kappa shape index (κ1) is 11.4. The number of benzene rings is 1. The van der Waals surface area contributed by atoms with Crippen molar-refractivity contribution < 1.29 is 14.4 Å². The van der Waals surface area contributed by atoms with Crippen LogP contribution in [0.4, 0.5) is 5.69 Å². The van der Waals surface area contributed by atoms with E-state index < -0.39 is 4.92 Å². The van der Waals surface area contributed by atoms with Crippen molar-refractivity contribution in [3.05, 3.63) is 39.9 Å². The third kappa shape index (κ3) is 1.69. The van der Waals surface area contributed by atoms with Crippen LogP contribution < -0.4 is 0 Å². The van der Waals surface area contributed by atoms with Crippen LogP contribution in [0.3, 0.4) is 0 Å². The molecule has 1 aromatic rings. The summed E-state index contributed by atoms with van der Waals surface area (Å²) in [4.78, 5) is 10.2. The summed E-state index contributed by atoms with van der Waals surface area (Å²) in [5.41, 5.74) is 0.976. The van der Waals surface area contributed by atoms with Gasteiger partial charge in [0.2, 0.25) is 0 Å². The number of ether oxygens (including phenoxy) is 2. The van der Waals surface area contributed by atoms with E-state index in [-0.39, 0.29) is 12.0 Å². The van der Waals surface area contributed by atoms with Gasteiger partial charge in [0.05, 0.1) is 17.1 Å². The van der Waals surface area contributed by atoms with Crippen LogP contribution in [0, 0.1) is 22.0 Å². The Kier molecular flexibility index (Phi) is 2.40. The fourth-order valence-corrected chi connectivity index (χ4v) is 3.82. The minimum absolute atomic E-state index is 0.0996. The summed E-state index contributed by atoms with van der Waals surface area (Å²) in [6.07, 6.45) is 3.88. The molecule has 1 heterocycles. The van der Waals surface area contributed by atoms with Crippen molar-refractivity contribution in [2.45, 2.75) is 37.8 Å². The summed E-state index contributed by atoms with van der Waals surface area (Å²) in [7, 11) is 0. The van der Waals surface area contributed by atoms with Crippen LogP contribution >= 0.6 is 0 Å². The van der Waals surface area contributed by atoms with E-state index in [2.05, 4.69) is 0 Å². The lowest BCUT2D eigenvalue weighted by molar-refractivity contribution is -0.384. The molecule has 2 saturated carbocycles. The molecule has 0 N–H and O–H groups in total. The highest BCUT2D eigenvalue weighted by Gasteiger charge is 2.54. The monoisotopic (exact) mass is 261 g/mol. The van der Waals surface area contributed by atoms with Gasteiger partial charge in [-0.15, -0.1) is 0 Å². The van der Waals surface area contributed by atoms with E-state index in [0.29, 0.717) is 24.0 Å². The van der Waals surface area contributed by atoms with E-state index in [1.807, 2.05) is 0 Å². The fourth-order valence-electron chi connectivity index (χ4n) is 3.82. The van der Waals surface area contributed by atoms with Gasteiger partial charge in [0.15, 0.2) is 6.29 Å². The molecule has 5 heteroatoms. The predicted molar refractivity (Wildman–Crippen MR) is 66.4 cm³/mol. The van der Waals surface area contributed by atoms with E-state index in [0.717, 1.165) is 12.0 Å². The molecule has 1 saturated heterocycles. The molecule has 2 aliphatic carbocycles. The molecule has 0 spiro atoms. The Bertz CT molecular complexity index is 515. The number of hydrogen-bond acceptors (Lipinski definition) is 4. The molecule has 5 unspecified atom stereocenters. The highest BCUT2D eigenvalue weighted by atomic mass is 16.7. The first-order valence-corrected chi connectivity index (χ1v) is 6.77. The molecule has 4 rings (SSSR count). The van der Waals surface area contributed by atoms with Crippen molar-refractivity contribution in [3.8, 4) is 0 Å². The molecule has 4 bridgehead atoms. The minimum atomic E-state index is -0.393. The van der Waals surface area contributed by atoms with Gasteiger partial charge in [0.25, 0.3) is 5.69 Å². The Balaban J connectivity index is 1.56. The summed E-state index contributed by atoms with van der Waals surface area (Å²) in [6.45, 7) is 0. The van der Waals surface area contributed by atoms with E-state index >= 15 is 0 Å². The van der Waals surface area contributed by atoms with Crippen LogP contribution in [-0.4, -0.2) is 17.1 Å². The molecular formula is C14H15NO4. The molecule has 100 valence electrons. The third-order valence-corrected chi connectivity index (χ3v) is 4.73. The largest absolute Gasteiger partial charge is 0.345 e. The Hall–Kier alpha value is -1.46. The van der Waals surface area contributed by atoms with E-state index in [1.54, 1.807) is 12.1 Å². The molecule has 0 aromatic heterocycles. The van der Waals surface area contributed by atoms with Gasteiger partial charge >= 0.3 is 0 Å². The molecule has 5 atom stereocenters. The van der Waals surface area contributed by atoms with Crippen LogP contribution in [0.2, 0.25) is 0 Å². The Morgan fingerprint density at radius 2 is 1.95 bits per heavy atom. The lowest BCUT2D eigenvalue weighted by atomic mass is 9.97. The molecule has 1 aliphatic heterocycles. The van der Waals surface area contributed by atoms with Crippen LogP contribution in [0.1, 0.15) is 31.1 Å². The summed E-state index contributed by atoms with van der Waals surface area (Å²) in [5.74, 6) is 1.22. The topological polar surface area (TPSA) is 61.6 Å². The Labute approximate surface area is 110 Å². The standard InChI is InChI=1S/C14H15NO4/c16-15(17)10-4-1-8(2-5-10)14-18-12-7-9-3-6-11(12)13(9)19-14/h1-2,4-5,9,11-14H,3,6-7H2. The zero-order valence-electron chi connectivity index (χ0n) is 10.4. The zero-order chi connectivity index (χ0) is 13.0. The molecule has 3 fully saturated rings. The van der Waals surface area contributed by atoms with Crippen molar-refractivity contribution in [1.29, 1.82) is 0 Å². The van der Waals surface area contributed by atoms with Crippen molar-refractivity contribution in [1.82, 2.24) is 0 Å². The number of non-ortho nitro benzene ring substituents is 1. The molecular weight excluding hydrogens is 246 g/mol. The minimum Gasteiger partial charge on any atom is -0.345 e. The molecule has 3 aliphatic rings. The maximum Gasteiger partial charge on any atom is 0.269 e. The first-order chi connectivity index (χ1) is 9.22. The van der Waals surface area contributed by atoms with Crippen molar-refractivity contribution in [2.24, 2.45) is 11.8 Å². The zero-order valence-corrected chi connectivity index (χ0v) is 10.4. The van der Waals surface area contributed by atoms with Crippen LogP contribution in [0.15, 0.2) is 24.3 Å². The van der Waals surface area contributed by atoms with Gasteiger partial charge in [-0.2, -0.15) is 0 Å². The molecule has 5 nitrogen and oxygen atoms in total. The van der Waals surface area contributed by atoms with Gasteiger partial charge in [0.1, 0.15) is 0 Å².